The van der Waals surface area contributed by atoms with Crippen LogP contribution in [-0.2, 0) is 4.79 Å². The zero-order valence-corrected chi connectivity index (χ0v) is 22.3. The van der Waals surface area contributed by atoms with Gasteiger partial charge in [0.05, 0.1) is 23.1 Å². The molecule has 1 aromatic carbocycles. The van der Waals surface area contributed by atoms with Crippen LogP contribution in [0.25, 0.3) is 27.2 Å². The van der Waals surface area contributed by atoms with Crippen LogP contribution in [0.2, 0.25) is 0 Å². The predicted molar refractivity (Wildman–Crippen MR) is 145 cm³/mol. The second-order valence-corrected chi connectivity index (χ2v) is 13.0. The van der Waals surface area contributed by atoms with Crippen molar-refractivity contribution in [2.24, 2.45) is 10.8 Å². The van der Waals surface area contributed by atoms with Crippen LogP contribution in [0, 0.1) is 10.8 Å². The van der Waals surface area contributed by atoms with E-state index in [0.717, 1.165) is 37.1 Å². The second kappa shape index (κ2) is 8.63. The Labute approximate surface area is 218 Å². The third kappa shape index (κ3) is 4.10. The molecule has 3 aromatic heterocycles. The van der Waals surface area contributed by atoms with E-state index in [-0.39, 0.29) is 28.0 Å². The first-order valence-electron chi connectivity index (χ1n) is 12.3. The minimum atomic E-state index is -0.153. The molecule has 6 rings (SSSR count). The minimum Gasteiger partial charge on any atom is -0.464 e. The topological polar surface area (TPSA) is 68.3 Å². The summed E-state index contributed by atoms with van der Waals surface area (Å²) in [6.45, 7) is 7.76. The van der Waals surface area contributed by atoms with Gasteiger partial charge in [0.2, 0.25) is 5.91 Å². The van der Waals surface area contributed by atoms with Gasteiger partial charge in [-0.2, -0.15) is 0 Å². The van der Waals surface area contributed by atoms with Crippen molar-refractivity contribution in [3.8, 4) is 17.0 Å². The molecule has 2 fully saturated rings. The zero-order valence-electron chi connectivity index (χ0n) is 20.7. The summed E-state index contributed by atoms with van der Waals surface area (Å²) >= 11 is 2.77. The van der Waals surface area contributed by atoms with E-state index in [2.05, 4.69) is 25.7 Å². The van der Waals surface area contributed by atoms with Crippen LogP contribution >= 0.6 is 23.1 Å². The van der Waals surface area contributed by atoms with Crippen molar-refractivity contribution in [2.75, 3.05) is 12.3 Å². The van der Waals surface area contributed by atoms with Gasteiger partial charge in [0, 0.05) is 23.5 Å². The van der Waals surface area contributed by atoms with Crippen LogP contribution in [0.1, 0.15) is 40.0 Å². The number of nitrogens with zero attached hydrogens (tertiary/aromatic N) is 3. The number of thiophene rings is 1. The van der Waals surface area contributed by atoms with Gasteiger partial charge in [-0.3, -0.25) is 14.2 Å². The van der Waals surface area contributed by atoms with Gasteiger partial charge in [-0.15, -0.1) is 11.3 Å². The van der Waals surface area contributed by atoms with Gasteiger partial charge in [0.25, 0.3) is 5.56 Å². The highest BCUT2D eigenvalue weighted by Crippen LogP contribution is 2.52. The number of hydrogen-bond donors (Lipinski definition) is 0. The van der Waals surface area contributed by atoms with Crippen molar-refractivity contribution in [1.29, 1.82) is 0 Å². The number of furan rings is 1. The number of amides is 1. The number of likely N-dealkylation sites (tertiary alicyclic amines) is 1. The van der Waals surface area contributed by atoms with E-state index in [0.29, 0.717) is 27.2 Å². The van der Waals surface area contributed by atoms with Crippen LogP contribution < -0.4 is 5.56 Å². The summed E-state index contributed by atoms with van der Waals surface area (Å²) in [7, 11) is 0. The van der Waals surface area contributed by atoms with Crippen molar-refractivity contribution in [2.45, 2.75) is 51.2 Å². The second-order valence-electron chi connectivity index (χ2n) is 11.2. The molecular formula is C28H29N3O3S2. The van der Waals surface area contributed by atoms with E-state index >= 15 is 0 Å². The molecular weight excluding hydrogens is 490 g/mol. The third-order valence-electron chi connectivity index (χ3n) is 7.44. The molecule has 36 heavy (non-hydrogen) atoms. The average Bonchev–Trinajstić information content (AvgIpc) is 3.55. The maximum atomic E-state index is 13.9. The Morgan fingerprint density at radius 2 is 1.97 bits per heavy atom. The standard InChI is InChI=1S/C28H29N3O3S2/c1-27(2)12-19-13-28(3,16-27)17-30(19)22(32)15-36-26-29-24-23(20(14-35-24)21-10-7-11-34-21)25(33)31(26)18-8-5-4-6-9-18/h4-11,14,19H,12-13,15-17H2,1-3H3/t19-,28+/m1/s1. The summed E-state index contributed by atoms with van der Waals surface area (Å²) < 4.78 is 7.22. The van der Waals surface area contributed by atoms with Gasteiger partial charge < -0.3 is 9.32 Å². The van der Waals surface area contributed by atoms with E-state index in [9.17, 15) is 9.59 Å². The molecule has 1 saturated carbocycles. The largest absolute Gasteiger partial charge is 0.464 e. The number of carbonyl (C=O) groups is 1. The maximum absolute atomic E-state index is 13.9. The van der Waals surface area contributed by atoms with E-state index in [1.165, 1.54) is 23.1 Å². The summed E-state index contributed by atoms with van der Waals surface area (Å²) in [6.07, 6.45) is 4.88. The quantitative estimate of drug-likeness (QED) is 0.231. The van der Waals surface area contributed by atoms with Crippen LogP contribution in [0.3, 0.4) is 0 Å². The molecule has 2 atom stereocenters. The maximum Gasteiger partial charge on any atom is 0.268 e. The normalized spacial score (nSPS) is 22.9. The van der Waals surface area contributed by atoms with Gasteiger partial charge in [0.1, 0.15) is 10.6 Å². The summed E-state index contributed by atoms with van der Waals surface area (Å²) in [4.78, 5) is 34.9. The number of aromatic nitrogens is 2. The Morgan fingerprint density at radius 3 is 2.72 bits per heavy atom. The van der Waals surface area contributed by atoms with Crippen molar-refractivity contribution in [3.63, 3.8) is 0 Å². The lowest BCUT2D eigenvalue weighted by Crippen LogP contribution is -2.38. The Morgan fingerprint density at radius 1 is 1.17 bits per heavy atom. The molecule has 0 N–H and O–H groups in total. The Hall–Kier alpha value is -2.84. The van der Waals surface area contributed by atoms with Crippen LogP contribution in [0.5, 0.6) is 0 Å². The van der Waals surface area contributed by atoms with Crippen molar-refractivity contribution in [3.05, 3.63) is 64.5 Å². The minimum absolute atomic E-state index is 0.128. The number of fused-ring (bicyclic) bond motifs is 3. The summed E-state index contributed by atoms with van der Waals surface area (Å²) in [6, 6.07) is 13.5. The molecule has 4 aromatic rings. The van der Waals surface area contributed by atoms with Gasteiger partial charge in [-0.25, -0.2) is 4.98 Å². The van der Waals surface area contributed by atoms with Gasteiger partial charge in [-0.05, 0) is 54.4 Å². The number of thioether (sulfide) groups is 1. The number of carbonyl (C=O) groups excluding carboxylic acids is 1. The third-order valence-corrected chi connectivity index (χ3v) is 9.23. The van der Waals surface area contributed by atoms with E-state index in [4.69, 9.17) is 9.40 Å². The fraction of sp³-hybridized carbons (Fsp3) is 0.393. The lowest BCUT2D eigenvalue weighted by atomic mass is 9.65. The molecule has 2 bridgehead atoms. The molecule has 4 heterocycles. The van der Waals surface area contributed by atoms with E-state index in [1.54, 1.807) is 10.8 Å². The summed E-state index contributed by atoms with van der Waals surface area (Å²) in [5.74, 6) is 1.03. The molecule has 1 aliphatic heterocycles. The first-order chi connectivity index (χ1) is 17.2. The van der Waals surface area contributed by atoms with Crippen molar-refractivity contribution in [1.82, 2.24) is 14.5 Å². The molecule has 2 aliphatic rings. The first kappa shape index (κ1) is 23.6. The van der Waals surface area contributed by atoms with Crippen molar-refractivity contribution < 1.29 is 9.21 Å². The van der Waals surface area contributed by atoms with Crippen LogP contribution in [0.15, 0.2) is 68.5 Å². The van der Waals surface area contributed by atoms with E-state index in [1.807, 2.05) is 47.8 Å². The highest BCUT2D eigenvalue weighted by atomic mass is 32.2. The fourth-order valence-corrected chi connectivity index (χ4v) is 8.31. The molecule has 8 heteroatoms. The van der Waals surface area contributed by atoms with Gasteiger partial charge >= 0.3 is 0 Å². The first-order valence-corrected chi connectivity index (χ1v) is 14.2. The molecule has 0 radical (unpaired) electrons. The molecule has 0 unspecified atom stereocenters. The molecule has 1 saturated heterocycles. The highest BCUT2D eigenvalue weighted by Gasteiger charge is 2.50. The van der Waals surface area contributed by atoms with Crippen molar-refractivity contribution >= 4 is 39.2 Å². The SMILES string of the molecule is CC1(C)C[C@@H]2C[C@](C)(CN2C(=O)CSc2nc3scc(-c4ccco4)c3c(=O)n2-c2ccccc2)C1. The zero-order chi connectivity index (χ0) is 25.1. The Balaban J connectivity index is 1.35. The van der Waals surface area contributed by atoms with Crippen LogP contribution in [0.4, 0.5) is 0 Å². The molecule has 6 nitrogen and oxygen atoms in total. The van der Waals surface area contributed by atoms with Gasteiger partial charge in [-0.1, -0.05) is 50.7 Å². The fourth-order valence-electron chi connectivity index (χ4n) is 6.45. The summed E-state index contributed by atoms with van der Waals surface area (Å²) in [5.41, 5.74) is 1.77. The summed E-state index contributed by atoms with van der Waals surface area (Å²) in [5, 5.41) is 2.99. The number of rotatable bonds is 5. The lowest BCUT2D eigenvalue weighted by Gasteiger charge is -2.39. The monoisotopic (exact) mass is 519 g/mol. The van der Waals surface area contributed by atoms with Gasteiger partial charge in [0.15, 0.2) is 5.16 Å². The number of para-hydroxylation sites is 1. The predicted octanol–water partition coefficient (Wildman–Crippen LogP) is 6.23. The van der Waals surface area contributed by atoms with Crippen LogP contribution in [-0.4, -0.2) is 38.7 Å². The molecule has 1 aliphatic carbocycles. The van der Waals surface area contributed by atoms with E-state index < -0.39 is 0 Å². The molecule has 1 amide bonds. The highest BCUT2D eigenvalue weighted by molar-refractivity contribution is 7.99. The number of benzene rings is 1. The Kier molecular flexibility index (Phi) is 5.64. The Bertz CT molecular complexity index is 1490. The lowest BCUT2D eigenvalue weighted by molar-refractivity contribution is -0.129. The molecule has 186 valence electrons. The smallest absolute Gasteiger partial charge is 0.268 e. The number of hydrogen-bond acceptors (Lipinski definition) is 6. The molecule has 0 spiro atoms. The average molecular weight is 520 g/mol.